The van der Waals surface area contributed by atoms with Crippen molar-refractivity contribution in [3.63, 3.8) is 0 Å². The lowest BCUT2D eigenvalue weighted by Gasteiger charge is -2.17. The zero-order valence-electron chi connectivity index (χ0n) is 10.3. The quantitative estimate of drug-likeness (QED) is 0.573. The summed E-state index contributed by atoms with van der Waals surface area (Å²) in [6.45, 7) is 11.2. The fraction of sp³-hybridized carbons (Fsp3) is 0.357. The standard InChI is InChI=1S/C14H18O2/c1-9(2)14(15)16-12(5)13-8-6-7-10(3)11(13)4/h6-8,12H,1H2,2-5H3. The van der Waals surface area contributed by atoms with Crippen molar-refractivity contribution in [2.45, 2.75) is 33.8 Å². The molecule has 16 heavy (non-hydrogen) atoms. The summed E-state index contributed by atoms with van der Waals surface area (Å²) in [5.74, 6) is -0.339. The summed E-state index contributed by atoms with van der Waals surface area (Å²) in [6.07, 6.45) is -0.232. The fourth-order valence-corrected chi connectivity index (χ4v) is 1.54. The van der Waals surface area contributed by atoms with Gasteiger partial charge >= 0.3 is 5.97 Å². The molecule has 0 aliphatic rings. The Balaban J connectivity index is 2.89. The van der Waals surface area contributed by atoms with Crippen LogP contribution in [-0.2, 0) is 9.53 Å². The van der Waals surface area contributed by atoms with Gasteiger partial charge in [-0.15, -0.1) is 0 Å². The lowest BCUT2D eigenvalue weighted by Crippen LogP contribution is -2.10. The Labute approximate surface area is 96.9 Å². The first-order chi connectivity index (χ1) is 7.43. The molecule has 0 spiro atoms. The van der Waals surface area contributed by atoms with Crippen LogP contribution in [0.2, 0.25) is 0 Å². The maximum Gasteiger partial charge on any atom is 0.333 e. The van der Waals surface area contributed by atoms with Crippen molar-refractivity contribution >= 4 is 5.97 Å². The second-order valence-electron chi connectivity index (χ2n) is 4.12. The van der Waals surface area contributed by atoms with E-state index in [0.29, 0.717) is 5.57 Å². The van der Waals surface area contributed by atoms with Gasteiger partial charge in [0.1, 0.15) is 6.10 Å². The maximum atomic E-state index is 11.4. The first kappa shape index (κ1) is 12.5. The number of aryl methyl sites for hydroxylation is 1. The molecule has 0 bridgehead atoms. The summed E-state index contributed by atoms with van der Waals surface area (Å²) < 4.78 is 5.30. The second kappa shape index (κ2) is 4.97. The highest BCUT2D eigenvalue weighted by atomic mass is 16.5. The first-order valence-electron chi connectivity index (χ1n) is 5.36. The predicted octanol–water partition coefficient (Wildman–Crippen LogP) is 3.48. The molecule has 1 aromatic carbocycles. The molecule has 0 N–H and O–H groups in total. The number of esters is 1. The molecule has 0 radical (unpaired) electrons. The number of ether oxygens (including phenoxy) is 1. The fourth-order valence-electron chi connectivity index (χ4n) is 1.54. The van der Waals surface area contributed by atoms with Gasteiger partial charge in [0.05, 0.1) is 0 Å². The third-order valence-electron chi connectivity index (χ3n) is 2.72. The minimum atomic E-state index is -0.339. The highest BCUT2D eigenvalue weighted by Crippen LogP contribution is 2.23. The van der Waals surface area contributed by atoms with Gasteiger partial charge in [0.2, 0.25) is 0 Å². The van der Waals surface area contributed by atoms with Crippen molar-refractivity contribution in [3.8, 4) is 0 Å². The van der Waals surface area contributed by atoms with Crippen LogP contribution in [0.3, 0.4) is 0 Å². The van der Waals surface area contributed by atoms with Gasteiger partial charge in [-0.3, -0.25) is 0 Å². The molecular formula is C14H18O2. The molecule has 1 rings (SSSR count). The van der Waals surface area contributed by atoms with Crippen LogP contribution in [0.1, 0.15) is 36.6 Å². The molecule has 0 heterocycles. The smallest absolute Gasteiger partial charge is 0.333 e. The zero-order valence-corrected chi connectivity index (χ0v) is 10.3. The topological polar surface area (TPSA) is 26.3 Å². The number of carbonyl (C=O) groups excluding carboxylic acids is 1. The second-order valence-corrected chi connectivity index (χ2v) is 4.12. The first-order valence-corrected chi connectivity index (χ1v) is 5.36. The van der Waals surface area contributed by atoms with E-state index in [1.54, 1.807) is 6.92 Å². The van der Waals surface area contributed by atoms with E-state index >= 15 is 0 Å². The highest BCUT2D eigenvalue weighted by molar-refractivity contribution is 5.87. The molecular weight excluding hydrogens is 200 g/mol. The van der Waals surface area contributed by atoms with Gasteiger partial charge in [-0.05, 0) is 44.4 Å². The van der Waals surface area contributed by atoms with Crippen LogP contribution in [0.15, 0.2) is 30.4 Å². The molecule has 0 aliphatic carbocycles. The van der Waals surface area contributed by atoms with Crippen molar-refractivity contribution < 1.29 is 9.53 Å². The van der Waals surface area contributed by atoms with Gasteiger partial charge in [-0.2, -0.15) is 0 Å². The normalized spacial score (nSPS) is 12.0. The molecule has 0 aliphatic heterocycles. The summed E-state index contributed by atoms with van der Waals surface area (Å²) in [5.41, 5.74) is 3.85. The molecule has 0 fully saturated rings. The molecule has 1 atom stereocenters. The number of rotatable bonds is 3. The van der Waals surface area contributed by atoms with Crippen LogP contribution in [0.5, 0.6) is 0 Å². The predicted molar refractivity (Wildman–Crippen MR) is 65.2 cm³/mol. The van der Waals surface area contributed by atoms with E-state index in [9.17, 15) is 4.79 Å². The van der Waals surface area contributed by atoms with E-state index in [2.05, 4.69) is 6.58 Å². The van der Waals surface area contributed by atoms with Crippen LogP contribution in [0.4, 0.5) is 0 Å². The molecule has 0 aromatic heterocycles. The Kier molecular flexibility index (Phi) is 3.88. The number of benzene rings is 1. The minimum Gasteiger partial charge on any atom is -0.454 e. The maximum absolute atomic E-state index is 11.4. The summed E-state index contributed by atoms with van der Waals surface area (Å²) in [6, 6.07) is 6.01. The summed E-state index contributed by atoms with van der Waals surface area (Å²) in [7, 11) is 0. The van der Waals surface area contributed by atoms with Crippen molar-refractivity contribution in [2.24, 2.45) is 0 Å². The van der Waals surface area contributed by atoms with Crippen molar-refractivity contribution in [2.75, 3.05) is 0 Å². The number of hydrogen-bond donors (Lipinski definition) is 0. The van der Waals surface area contributed by atoms with Crippen molar-refractivity contribution in [1.82, 2.24) is 0 Å². The molecule has 2 nitrogen and oxygen atoms in total. The van der Waals surface area contributed by atoms with E-state index < -0.39 is 0 Å². The van der Waals surface area contributed by atoms with Crippen LogP contribution < -0.4 is 0 Å². The SMILES string of the molecule is C=C(C)C(=O)OC(C)c1cccc(C)c1C. The Morgan fingerprint density at radius 3 is 2.56 bits per heavy atom. The monoisotopic (exact) mass is 218 g/mol. The summed E-state index contributed by atoms with van der Waals surface area (Å²) >= 11 is 0. The van der Waals surface area contributed by atoms with Crippen LogP contribution >= 0.6 is 0 Å². The largest absolute Gasteiger partial charge is 0.454 e. The molecule has 0 saturated carbocycles. The van der Waals surface area contributed by atoms with Crippen LogP contribution in [-0.4, -0.2) is 5.97 Å². The van der Waals surface area contributed by atoms with Gasteiger partial charge in [0.25, 0.3) is 0 Å². The molecule has 0 amide bonds. The van der Waals surface area contributed by atoms with Gasteiger partial charge in [-0.1, -0.05) is 24.8 Å². The summed E-state index contributed by atoms with van der Waals surface area (Å²) in [5, 5.41) is 0. The zero-order chi connectivity index (χ0) is 12.3. The van der Waals surface area contributed by atoms with Crippen LogP contribution in [0, 0.1) is 13.8 Å². The minimum absolute atomic E-state index is 0.232. The van der Waals surface area contributed by atoms with E-state index in [0.717, 1.165) is 5.56 Å². The third kappa shape index (κ3) is 2.72. The van der Waals surface area contributed by atoms with Gasteiger partial charge < -0.3 is 4.74 Å². The Hall–Kier alpha value is -1.57. The molecule has 0 saturated heterocycles. The van der Waals surface area contributed by atoms with E-state index in [-0.39, 0.29) is 12.1 Å². The number of carbonyl (C=O) groups is 1. The Morgan fingerprint density at radius 2 is 2.00 bits per heavy atom. The molecule has 1 aromatic rings. The highest BCUT2D eigenvalue weighted by Gasteiger charge is 2.14. The average molecular weight is 218 g/mol. The van der Waals surface area contributed by atoms with Crippen molar-refractivity contribution in [3.05, 3.63) is 47.0 Å². The van der Waals surface area contributed by atoms with Gasteiger partial charge in [0.15, 0.2) is 0 Å². The van der Waals surface area contributed by atoms with E-state index in [4.69, 9.17) is 4.74 Å². The molecule has 86 valence electrons. The van der Waals surface area contributed by atoms with Crippen LogP contribution in [0.25, 0.3) is 0 Å². The Bertz CT molecular complexity index is 419. The Morgan fingerprint density at radius 1 is 1.38 bits per heavy atom. The van der Waals surface area contributed by atoms with E-state index in [1.807, 2.05) is 39.0 Å². The lowest BCUT2D eigenvalue weighted by molar-refractivity contribution is -0.143. The average Bonchev–Trinajstić information content (AvgIpc) is 2.21. The molecule has 2 heteroatoms. The van der Waals surface area contributed by atoms with Gasteiger partial charge in [-0.25, -0.2) is 4.79 Å². The third-order valence-corrected chi connectivity index (χ3v) is 2.72. The summed E-state index contributed by atoms with van der Waals surface area (Å²) in [4.78, 5) is 11.4. The van der Waals surface area contributed by atoms with Gasteiger partial charge in [0, 0.05) is 5.57 Å². The number of hydrogen-bond acceptors (Lipinski definition) is 2. The lowest BCUT2D eigenvalue weighted by atomic mass is 10.00. The molecule has 1 unspecified atom stereocenters. The van der Waals surface area contributed by atoms with E-state index in [1.165, 1.54) is 11.1 Å². The van der Waals surface area contributed by atoms with Crippen molar-refractivity contribution in [1.29, 1.82) is 0 Å².